The molecule has 0 fully saturated rings. The molecule has 5 nitrogen and oxygen atoms in total. The Morgan fingerprint density at radius 1 is 1.30 bits per heavy atom. The minimum absolute atomic E-state index is 0.0409. The van der Waals surface area contributed by atoms with Crippen LogP contribution in [-0.4, -0.2) is 24.0 Å². The quantitative estimate of drug-likeness (QED) is 0.394. The zero-order chi connectivity index (χ0) is 14.7. The van der Waals surface area contributed by atoms with Crippen LogP contribution in [-0.2, 0) is 0 Å². The van der Waals surface area contributed by atoms with Crippen molar-refractivity contribution in [1.29, 1.82) is 0 Å². The first-order valence-electron chi connectivity index (χ1n) is 5.93. The largest absolute Gasteiger partial charge is 0.409 e. The van der Waals surface area contributed by atoms with Crippen LogP contribution in [0.25, 0.3) is 0 Å². The summed E-state index contributed by atoms with van der Waals surface area (Å²) in [6, 6.07) is 6.92. The highest BCUT2D eigenvalue weighted by Crippen LogP contribution is 2.20. The number of carbonyl (C=O) groups excluding carboxylic acids is 1. The summed E-state index contributed by atoms with van der Waals surface area (Å²) in [7, 11) is 1.72. The number of aryl methyl sites for hydroxylation is 1. The van der Waals surface area contributed by atoms with Crippen LogP contribution in [0.1, 0.15) is 21.5 Å². The van der Waals surface area contributed by atoms with Crippen molar-refractivity contribution >= 4 is 28.8 Å². The lowest BCUT2D eigenvalue weighted by Gasteiger charge is -2.17. The van der Waals surface area contributed by atoms with Gasteiger partial charge in [0, 0.05) is 23.7 Å². The maximum Gasteiger partial charge on any atom is 0.259 e. The predicted octanol–water partition coefficient (Wildman–Crippen LogP) is 2.43. The van der Waals surface area contributed by atoms with Gasteiger partial charge in [0.15, 0.2) is 5.84 Å². The molecule has 2 aromatic rings. The summed E-state index contributed by atoms with van der Waals surface area (Å²) in [4.78, 5) is 13.9. The highest BCUT2D eigenvalue weighted by molar-refractivity contribution is 7.08. The predicted molar refractivity (Wildman–Crippen MR) is 80.7 cm³/mol. The third kappa shape index (κ3) is 2.65. The summed E-state index contributed by atoms with van der Waals surface area (Å²) in [6.07, 6.45) is 0. The van der Waals surface area contributed by atoms with E-state index in [0.717, 1.165) is 11.3 Å². The third-order valence-electron chi connectivity index (χ3n) is 3.05. The molecule has 0 aliphatic heterocycles. The molecule has 1 aromatic heterocycles. The Morgan fingerprint density at radius 3 is 2.45 bits per heavy atom. The van der Waals surface area contributed by atoms with Crippen molar-refractivity contribution in [3.05, 3.63) is 51.7 Å². The van der Waals surface area contributed by atoms with E-state index in [0.29, 0.717) is 11.1 Å². The fraction of sp³-hybridized carbons (Fsp3) is 0.143. The van der Waals surface area contributed by atoms with Crippen LogP contribution in [0.2, 0.25) is 0 Å². The zero-order valence-corrected chi connectivity index (χ0v) is 12.0. The number of thiophene rings is 1. The van der Waals surface area contributed by atoms with Gasteiger partial charge in [-0.25, -0.2) is 0 Å². The Kier molecular flexibility index (Phi) is 4.05. The van der Waals surface area contributed by atoms with Gasteiger partial charge in [0.1, 0.15) is 0 Å². The van der Waals surface area contributed by atoms with Gasteiger partial charge >= 0.3 is 0 Å². The van der Waals surface area contributed by atoms with Crippen molar-refractivity contribution in [3.8, 4) is 0 Å². The molecule has 2 rings (SSSR count). The van der Waals surface area contributed by atoms with Gasteiger partial charge in [-0.15, -0.1) is 0 Å². The van der Waals surface area contributed by atoms with E-state index < -0.39 is 0 Å². The second-order valence-corrected chi connectivity index (χ2v) is 5.11. The van der Waals surface area contributed by atoms with E-state index in [1.807, 2.05) is 17.7 Å². The van der Waals surface area contributed by atoms with E-state index >= 15 is 0 Å². The number of oxime groups is 1. The molecule has 104 valence electrons. The Balaban J connectivity index is 2.24. The summed E-state index contributed by atoms with van der Waals surface area (Å²) in [6.45, 7) is 1.92. The van der Waals surface area contributed by atoms with Gasteiger partial charge in [-0.3, -0.25) is 4.79 Å². The third-order valence-corrected chi connectivity index (χ3v) is 3.91. The number of amides is 1. The smallest absolute Gasteiger partial charge is 0.259 e. The summed E-state index contributed by atoms with van der Waals surface area (Å²) in [5, 5.41) is 15.3. The average molecular weight is 289 g/mol. The second kappa shape index (κ2) is 5.75. The first-order chi connectivity index (χ1) is 9.54. The van der Waals surface area contributed by atoms with E-state index in [-0.39, 0.29) is 11.7 Å². The number of rotatable bonds is 3. The lowest BCUT2D eigenvalue weighted by molar-refractivity contribution is 0.0993. The Labute approximate surface area is 120 Å². The standard InChI is InChI=1S/C14H15N3O2S/c1-9-7-20-8-12(9)14(18)17(2)11-5-3-10(4-6-11)13(15)16-19/h3-8,19H,1-2H3,(H2,15,16). The lowest BCUT2D eigenvalue weighted by Crippen LogP contribution is -2.26. The molecule has 3 N–H and O–H groups in total. The molecule has 0 aliphatic rings. The molecule has 0 radical (unpaired) electrons. The molecule has 1 aromatic carbocycles. The van der Waals surface area contributed by atoms with Crippen LogP contribution in [0.5, 0.6) is 0 Å². The topological polar surface area (TPSA) is 78.9 Å². The van der Waals surface area contributed by atoms with Crippen LogP contribution in [0.3, 0.4) is 0 Å². The van der Waals surface area contributed by atoms with E-state index in [1.165, 1.54) is 11.3 Å². The van der Waals surface area contributed by atoms with Crippen LogP contribution in [0.4, 0.5) is 5.69 Å². The molecule has 0 unspecified atom stereocenters. The van der Waals surface area contributed by atoms with Gasteiger partial charge in [-0.2, -0.15) is 11.3 Å². The highest BCUT2D eigenvalue weighted by atomic mass is 32.1. The molecule has 0 aliphatic carbocycles. The molecule has 6 heteroatoms. The Morgan fingerprint density at radius 2 is 1.95 bits per heavy atom. The van der Waals surface area contributed by atoms with Gasteiger partial charge < -0.3 is 15.8 Å². The number of hydrogen-bond donors (Lipinski definition) is 2. The Bertz CT molecular complexity index is 647. The monoisotopic (exact) mass is 289 g/mol. The molecule has 20 heavy (non-hydrogen) atoms. The number of benzene rings is 1. The van der Waals surface area contributed by atoms with Crippen molar-refractivity contribution in [3.63, 3.8) is 0 Å². The van der Waals surface area contributed by atoms with Crippen molar-refractivity contribution in [1.82, 2.24) is 0 Å². The van der Waals surface area contributed by atoms with Gasteiger partial charge in [0.05, 0.1) is 5.56 Å². The lowest BCUT2D eigenvalue weighted by atomic mass is 10.1. The normalized spacial score (nSPS) is 11.4. The van der Waals surface area contributed by atoms with Crippen LogP contribution in [0, 0.1) is 6.92 Å². The fourth-order valence-electron chi connectivity index (χ4n) is 1.79. The van der Waals surface area contributed by atoms with Gasteiger partial charge in [0.2, 0.25) is 0 Å². The van der Waals surface area contributed by atoms with Crippen molar-refractivity contribution in [2.45, 2.75) is 6.92 Å². The second-order valence-electron chi connectivity index (χ2n) is 4.36. The number of carbonyl (C=O) groups is 1. The molecule has 0 spiro atoms. The number of amidine groups is 1. The molecule has 0 atom stereocenters. The van der Waals surface area contributed by atoms with Gasteiger partial charge in [0.25, 0.3) is 5.91 Å². The molecule has 0 bridgehead atoms. The van der Waals surface area contributed by atoms with Crippen molar-refractivity contribution in [2.75, 3.05) is 11.9 Å². The first-order valence-corrected chi connectivity index (χ1v) is 6.87. The highest BCUT2D eigenvalue weighted by Gasteiger charge is 2.16. The summed E-state index contributed by atoms with van der Waals surface area (Å²) < 4.78 is 0. The first kappa shape index (κ1) is 14.1. The maximum absolute atomic E-state index is 12.3. The van der Waals surface area contributed by atoms with E-state index in [4.69, 9.17) is 10.9 Å². The molecule has 1 heterocycles. The van der Waals surface area contributed by atoms with E-state index in [2.05, 4.69) is 5.16 Å². The minimum atomic E-state index is -0.0553. The van der Waals surface area contributed by atoms with Crippen molar-refractivity contribution < 1.29 is 10.0 Å². The number of anilines is 1. The van der Waals surface area contributed by atoms with Crippen LogP contribution >= 0.6 is 11.3 Å². The van der Waals surface area contributed by atoms with Gasteiger partial charge in [-0.05, 0) is 42.1 Å². The van der Waals surface area contributed by atoms with Gasteiger partial charge in [-0.1, -0.05) is 5.16 Å². The molecular formula is C14H15N3O2S. The number of nitrogens with two attached hydrogens (primary N) is 1. The van der Waals surface area contributed by atoms with E-state index in [1.54, 1.807) is 36.2 Å². The fourth-order valence-corrected chi connectivity index (χ4v) is 2.61. The van der Waals surface area contributed by atoms with Crippen LogP contribution in [0.15, 0.2) is 40.2 Å². The molecule has 0 saturated carbocycles. The van der Waals surface area contributed by atoms with Crippen LogP contribution < -0.4 is 10.6 Å². The number of nitrogens with zero attached hydrogens (tertiary/aromatic N) is 2. The summed E-state index contributed by atoms with van der Waals surface area (Å²) in [5.41, 5.74) is 8.52. The Hall–Kier alpha value is -2.34. The average Bonchev–Trinajstić information content (AvgIpc) is 2.91. The molecule has 1 amide bonds. The minimum Gasteiger partial charge on any atom is -0.409 e. The number of hydrogen-bond acceptors (Lipinski definition) is 4. The zero-order valence-electron chi connectivity index (χ0n) is 11.2. The molecule has 0 saturated heterocycles. The van der Waals surface area contributed by atoms with Crippen molar-refractivity contribution in [2.24, 2.45) is 10.9 Å². The maximum atomic E-state index is 12.3. The van der Waals surface area contributed by atoms with E-state index in [9.17, 15) is 4.79 Å². The SMILES string of the molecule is Cc1cscc1C(=O)N(C)c1ccc(C(N)=NO)cc1. The summed E-state index contributed by atoms with van der Waals surface area (Å²) >= 11 is 1.51. The summed E-state index contributed by atoms with van der Waals surface area (Å²) in [5.74, 6) is -0.0143. The molecular weight excluding hydrogens is 274 g/mol.